The first-order chi connectivity index (χ1) is 5.75. The lowest BCUT2D eigenvalue weighted by Gasteiger charge is -2.23. The van der Waals surface area contributed by atoms with Gasteiger partial charge in [0.2, 0.25) is 0 Å². The molecule has 1 aliphatic rings. The third-order valence-corrected chi connectivity index (χ3v) is 2.25. The molecule has 0 bridgehead atoms. The molecule has 3 nitrogen and oxygen atoms in total. The number of hydrogen-bond donors (Lipinski definition) is 1. The van der Waals surface area contributed by atoms with Gasteiger partial charge in [0, 0.05) is 19.7 Å². The number of hydrogen-bond acceptors (Lipinski definition) is 2. The van der Waals surface area contributed by atoms with E-state index in [9.17, 15) is 0 Å². The van der Waals surface area contributed by atoms with Gasteiger partial charge in [-0.1, -0.05) is 0 Å². The Labute approximate surface area is 74.2 Å². The summed E-state index contributed by atoms with van der Waals surface area (Å²) in [6.07, 6.45) is 2.41. The van der Waals surface area contributed by atoms with Crippen LogP contribution in [0.2, 0.25) is 0 Å². The second-order valence-electron chi connectivity index (χ2n) is 3.18. The molecule has 0 aromatic rings. The van der Waals surface area contributed by atoms with E-state index in [2.05, 4.69) is 4.90 Å². The van der Waals surface area contributed by atoms with Crippen molar-refractivity contribution in [2.75, 3.05) is 19.7 Å². The van der Waals surface area contributed by atoms with Gasteiger partial charge in [0.1, 0.15) is 11.9 Å². The number of nitrogens with zero attached hydrogens (tertiary/aromatic N) is 1. The molecule has 1 N–H and O–H groups in total. The number of amidine groups is 1. The van der Waals surface area contributed by atoms with Gasteiger partial charge < -0.3 is 9.64 Å². The molecule has 70 valence electrons. The maximum Gasteiger partial charge on any atom is 0.125 e. The molecule has 3 heteroatoms. The van der Waals surface area contributed by atoms with E-state index in [-0.39, 0.29) is 6.10 Å². The average Bonchev–Trinajstić information content (AvgIpc) is 2.55. The first kappa shape index (κ1) is 9.52. The summed E-state index contributed by atoms with van der Waals surface area (Å²) in [5.41, 5.74) is 0. The van der Waals surface area contributed by atoms with Crippen LogP contribution in [0.5, 0.6) is 0 Å². The summed E-state index contributed by atoms with van der Waals surface area (Å²) in [7, 11) is 0. The SMILES string of the molecule is CCOC(C)C(=N)N1CCCC1. The highest BCUT2D eigenvalue weighted by Crippen LogP contribution is 2.10. The number of rotatable bonds is 3. The van der Waals surface area contributed by atoms with Crippen LogP contribution in [0.1, 0.15) is 26.7 Å². The Hall–Kier alpha value is -0.570. The second kappa shape index (κ2) is 4.45. The first-order valence-corrected chi connectivity index (χ1v) is 4.70. The molecule has 1 heterocycles. The maximum absolute atomic E-state index is 7.80. The van der Waals surface area contributed by atoms with Gasteiger partial charge in [-0.25, -0.2) is 0 Å². The van der Waals surface area contributed by atoms with Crippen LogP contribution < -0.4 is 0 Å². The summed E-state index contributed by atoms with van der Waals surface area (Å²) in [5.74, 6) is 0.648. The second-order valence-corrected chi connectivity index (χ2v) is 3.18. The van der Waals surface area contributed by atoms with Crippen molar-refractivity contribution in [2.45, 2.75) is 32.8 Å². The Morgan fingerprint density at radius 3 is 2.58 bits per heavy atom. The minimum Gasteiger partial charge on any atom is -0.371 e. The zero-order chi connectivity index (χ0) is 8.97. The van der Waals surface area contributed by atoms with Crippen molar-refractivity contribution >= 4 is 5.84 Å². The van der Waals surface area contributed by atoms with Gasteiger partial charge in [0.05, 0.1) is 0 Å². The molecule has 0 saturated carbocycles. The van der Waals surface area contributed by atoms with E-state index in [0.717, 1.165) is 13.1 Å². The third kappa shape index (κ3) is 2.21. The molecular formula is C9H18N2O. The van der Waals surface area contributed by atoms with Gasteiger partial charge in [-0.05, 0) is 26.7 Å². The van der Waals surface area contributed by atoms with E-state index < -0.39 is 0 Å². The Morgan fingerprint density at radius 2 is 2.08 bits per heavy atom. The average molecular weight is 170 g/mol. The zero-order valence-corrected chi connectivity index (χ0v) is 7.97. The molecule has 1 aliphatic heterocycles. The largest absolute Gasteiger partial charge is 0.371 e. The van der Waals surface area contributed by atoms with Gasteiger partial charge >= 0.3 is 0 Å². The minimum absolute atomic E-state index is 0.0342. The van der Waals surface area contributed by atoms with E-state index in [1.807, 2.05) is 13.8 Å². The smallest absolute Gasteiger partial charge is 0.125 e. The van der Waals surface area contributed by atoms with Crippen molar-refractivity contribution in [3.8, 4) is 0 Å². The van der Waals surface area contributed by atoms with Crippen LogP contribution in [0, 0.1) is 5.41 Å². The van der Waals surface area contributed by atoms with E-state index in [1.165, 1.54) is 12.8 Å². The molecule has 0 aromatic heterocycles. The molecular weight excluding hydrogens is 152 g/mol. The van der Waals surface area contributed by atoms with Crippen molar-refractivity contribution in [3.63, 3.8) is 0 Å². The summed E-state index contributed by atoms with van der Waals surface area (Å²) in [6, 6.07) is 0. The Bertz CT molecular complexity index is 153. The lowest BCUT2D eigenvalue weighted by molar-refractivity contribution is 0.113. The summed E-state index contributed by atoms with van der Waals surface area (Å²) >= 11 is 0. The molecule has 1 fully saturated rings. The lowest BCUT2D eigenvalue weighted by atomic mass is 10.3. The number of ether oxygens (including phenoxy) is 1. The maximum atomic E-state index is 7.80. The Balaban J connectivity index is 2.34. The standard InChI is InChI=1S/C9H18N2O/c1-3-12-8(2)9(10)11-6-4-5-7-11/h8,10H,3-7H2,1-2H3. The van der Waals surface area contributed by atoms with Crippen molar-refractivity contribution in [2.24, 2.45) is 0 Å². The zero-order valence-electron chi connectivity index (χ0n) is 7.97. The molecule has 1 atom stereocenters. The topological polar surface area (TPSA) is 36.3 Å². The Morgan fingerprint density at radius 1 is 1.50 bits per heavy atom. The molecule has 0 amide bonds. The normalized spacial score (nSPS) is 19.7. The molecule has 0 spiro atoms. The van der Waals surface area contributed by atoms with E-state index in [4.69, 9.17) is 10.1 Å². The van der Waals surface area contributed by atoms with Gasteiger partial charge in [-0.2, -0.15) is 0 Å². The third-order valence-electron chi connectivity index (χ3n) is 2.25. The van der Waals surface area contributed by atoms with Gasteiger partial charge in [0.15, 0.2) is 0 Å². The number of nitrogens with one attached hydrogen (secondary N) is 1. The van der Waals surface area contributed by atoms with Crippen molar-refractivity contribution < 1.29 is 4.74 Å². The molecule has 1 rings (SSSR count). The van der Waals surface area contributed by atoms with Crippen molar-refractivity contribution in [3.05, 3.63) is 0 Å². The molecule has 0 aliphatic carbocycles. The predicted octanol–water partition coefficient (Wildman–Crippen LogP) is 1.48. The first-order valence-electron chi connectivity index (χ1n) is 4.70. The summed E-state index contributed by atoms with van der Waals surface area (Å²) in [5, 5.41) is 7.80. The summed E-state index contributed by atoms with van der Waals surface area (Å²) < 4.78 is 5.35. The highest BCUT2D eigenvalue weighted by Gasteiger charge is 2.19. The van der Waals surface area contributed by atoms with Gasteiger partial charge in [0.25, 0.3) is 0 Å². The van der Waals surface area contributed by atoms with Crippen LogP contribution in [0.25, 0.3) is 0 Å². The summed E-state index contributed by atoms with van der Waals surface area (Å²) in [6.45, 7) is 6.68. The molecule has 1 unspecified atom stereocenters. The van der Waals surface area contributed by atoms with Crippen LogP contribution in [0.4, 0.5) is 0 Å². The fourth-order valence-corrected chi connectivity index (χ4v) is 1.54. The van der Waals surface area contributed by atoms with Crippen molar-refractivity contribution in [1.29, 1.82) is 5.41 Å². The lowest BCUT2D eigenvalue weighted by Crippen LogP contribution is -2.36. The van der Waals surface area contributed by atoms with E-state index in [1.54, 1.807) is 0 Å². The van der Waals surface area contributed by atoms with Crippen LogP contribution in [-0.2, 0) is 4.74 Å². The van der Waals surface area contributed by atoms with Crippen LogP contribution in [0.3, 0.4) is 0 Å². The highest BCUT2D eigenvalue weighted by molar-refractivity contribution is 5.83. The summed E-state index contributed by atoms with van der Waals surface area (Å²) in [4.78, 5) is 2.11. The monoisotopic (exact) mass is 170 g/mol. The quantitative estimate of drug-likeness (QED) is 0.514. The molecule has 12 heavy (non-hydrogen) atoms. The van der Waals surface area contributed by atoms with E-state index >= 15 is 0 Å². The van der Waals surface area contributed by atoms with Gasteiger partial charge in [-0.3, -0.25) is 5.41 Å². The van der Waals surface area contributed by atoms with Crippen LogP contribution in [-0.4, -0.2) is 36.5 Å². The minimum atomic E-state index is -0.0342. The molecule has 1 saturated heterocycles. The highest BCUT2D eigenvalue weighted by atomic mass is 16.5. The Kier molecular flexibility index (Phi) is 3.53. The predicted molar refractivity (Wildman–Crippen MR) is 49.6 cm³/mol. The van der Waals surface area contributed by atoms with Crippen LogP contribution in [0.15, 0.2) is 0 Å². The van der Waals surface area contributed by atoms with E-state index in [0.29, 0.717) is 12.4 Å². The van der Waals surface area contributed by atoms with Crippen LogP contribution >= 0.6 is 0 Å². The molecule has 0 radical (unpaired) electrons. The fraction of sp³-hybridized carbons (Fsp3) is 0.889. The van der Waals surface area contributed by atoms with Gasteiger partial charge in [-0.15, -0.1) is 0 Å². The number of likely N-dealkylation sites (tertiary alicyclic amines) is 1. The van der Waals surface area contributed by atoms with Crippen molar-refractivity contribution in [1.82, 2.24) is 4.90 Å². The fourth-order valence-electron chi connectivity index (χ4n) is 1.54. The molecule has 0 aromatic carbocycles.